The molecule has 150 valence electrons. The van der Waals surface area contributed by atoms with E-state index in [9.17, 15) is 14.4 Å². The Balaban J connectivity index is 1.37. The highest BCUT2D eigenvalue weighted by Crippen LogP contribution is 2.41. The van der Waals surface area contributed by atoms with Crippen LogP contribution in [0.25, 0.3) is 11.1 Å². The Morgan fingerprint density at radius 2 is 1.47 bits per heavy atom. The second-order valence-electron chi connectivity index (χ2n) is 7.13. The van der Waals surface area contributed by atoms with E-state index in [1.165, 1.54) is 0 Å². The maximum Gasteiger partial charge on any atom is 0.323 e. The second-order valence-corrected chi connectivity index (χ2v) is 7.13. The molecule has 0 saturated heterocycles. The molecule has 2 amide bonds. The number of pyridine rings is 1. The molecule has 2 aromatic carbocycles. The van der Waals surface area contributed by atoms with Gasteiger partial charge < -0.3 is 15.7 Å². The largest absolute Gasteiger partial charge is 0.481 e. The van der Waals surface area contributed by atoms with E-state index in [0.717, 1.165) is 11.1 Å². The van der Waals surface area contributed by atoms with Crippen LogP contribution in [-0.2, 0) is 4.79 Å². The number of carboxylic acid groups (broad SMARTS) is 1. The lowest BCUT2D eigenvalue weighted by atomic mass is 10.0. The molecule has 7 heteroatoms. The molecule has 0 unspecified atom stereocenters. The third kappa shape index (κ3) is 4.35. The molecule has 30 heavy (non-hydrogen) atoms. The number of Topliss-reactive ketones (excluding diaryl/α,β-unsaturated/α-hetero) is 1. The Morgan fingerprint density at radius 3 is 2.03 bits per heavy atom. The predicted octanol–water partition coefficient (Wildman–Crippen LogP) is 4.30. The number of benzene rings is 2. The van der Waals surface area contributed by atoms with Crippen LogP contribution in [0.3, 0.4) is 0 Å². The van der Waals surface area contributed by atoms with Crippen LogP contribution in [0.2, 0.25) is 0 Å². The Bertz CT molecular complexity index is 1080. The molecule has 7 nitrogen and oxygen atoms in total. The van der Waals surface area contributed by atoms with Gasteiger partial charge >= 0.3 is 12.0 Å². The van der Waals surface area contributed by atoms with Crippen LogP contribution >= 0.6 is 0 Å². The van der Waals surface area contributed by atoms with Gasteiger partial charge in [-0.1, -0.05) is 36.4 Å². The van der Waals surface area contributed by atoms with Crippen molar-refractivity contribution in [2.45, 2.75) is 6.42 Å². The first kappa shape index (κ1) is 19.3. The number of carboxylic acids is 1. The number of carbonyl (C=O) groups is 3. The first-order chi connectivity index (χ1) is 14.5. The zero-order chi connectivity index (χ0) is 21.1. The average Bonchev–Trinajstić information content (AvgIpc) is 3.56. The predicted molar refractivity (Wildman–Crippen MR) is 112 cm³/mol. The van der Waals surface area contributed by atoms with Crippen molar-refractivity contribution in [2.75, 3.05) is 10.6 Å². The van der Waals surface area contributed by atoms with Gasteiger partial charge in [0.2, 0.25) is 0 Å². The number of hydrogen-bond donors (Lipinski definition) is 3. The topological polar surface area (TPSA) is 108 Å². The van der Waals surface area contributed by atoms with E-state index in [0.29, 0.717) is 23.4 Å². The number of urea groups is 1. The summed E-state index contributed by atoms with van der Waals surface area (Å²) in [5.41, 5.74) is 3.62. The quantitative estimate of drug-likeness (QED) is 0.534. The zero-order valence-electron chi connectivity index (χ0n) is 15.9. The lowest BCUT2D eigenvalue weighted by molar-refractivity contribution is -0.138. The zero-order valence-corrected chi connectivity index (χ0v) is 15.9. The minimum atomic E-state index is -0.909. The van der Waals surface area contributed by atoms with Crippen molar-refractivity contribution in [1.82, 2.24) is 4.98 Å². The molecule has 3 N–H and O–H groups in total. The summed E-state index contributed by atoms with van der Waals surface area (Å²) in [6.45, 7) is 0. The van der Waals surface area contributed by atoms with Crippen molar-refractivity contribution < 1.29 is 19.5 Å². The van der Waals surface area contributed by atoms with E-state index >= 15 is 0 Å². The van der Waals surface area contributed by atoms with Crippen molar-refractivity contribution in [3.8, 4) is 11.1 Å². The number of hydrogen-bond acceptors (Lipinski definition) is 4. The van der Waals surface area contributed by atoms with Crippen LogP contribution in [0, 0.1) is 11.8 Å². The van der Waals surface area contributed by atoms with Crippen molar-refractivity contribution >= 4 is 29.2 Å². The van der Waals surface area contributed by atoms with Gasteiger partial charge in [-0.25, -0.2) is 4.79 Å². The van der Waals surface area contributed by atoms with Crippen LogP contribution in [0.5, 0.6) is 0 Å². The normalized spacial score (nSPS) is 17.1. The van der Waals surface area contributed by atoms with Crippen molar-refractivity contribution in [3.05, 3.63) is 78.6 Å². The van der Waals surface area contributed by atoms with Gasteiger partial charge in [0.1, 0.15) is 0 Å². The SMILES string of the molecule is O=C(Nc1ccc(-c2ccc(C(=O)[C@@H]3C[C@H]3C(=O)O)cc2)cc1)Nc1cccnc1. The third-order valence-corrected chi connectivity index (χ3v) is 5.01. The monoisotopic (exact) mass is 401 g/mol. The van der Waals surface area contributed by atoms with Gasteiger partial charge in [-0.15, -0.1) is 0 Å². The third-order valence-electron chi connectivity index (χ3n) is 5.01. The smallest absolute Gasteiger partial charge is 0.323 e. The summed E-state index contributed by atoms with van der Waals surface area (Å²) in [6.07, 6.45) is 3.60. The van der Waals surface area contributed by atoms with Crippen LogP contribution < -0.4 is 10.6 Å². The van der Waals surface area contributed by atoms with Crippen LogP contribution in [0.1, 0.15) is 16.8 Å². The summed E-state index contributed by atoms with van der Waals surface area (Å²) in [7, 11) is 0. The molecular formula is C23H19N3O4. The Hall–Kier alpha value is -4.00. The molecule has 3 aromatic rings. The summed E-state index contributed by atoms with van der Waals surface area (Å²) in [5, 5.41) is 14.4. The molecule has 1 aliphatic carbocycles. The lowest BCUT2D eigenvalue weighted by Gasteiger charge is -2.09. The fraction of sp³-hybridized carbons (Fsp3) is 0.130. The number of nitrogens with one attached hydrogen (secondary N) is 2. The average molecular weight is 401 g/mol. The summed E-state index contributed by atoms with van der Waals surface area (Å²) >= 11 is 0. The number of rotatable bonds is 6. The molecular weight excluding hydrogens is 382 g/mol. The first-order valence-corrected chi connectivity index (χ1v) is 9.47. The molecule has 1 heterocycles. The standard InChI is InChI=1S/C23H19N3O4/c27-21(19-12-20(19)22(28)29)16-5-3-14(4-6-16)15-7-9-17(10-8-15)25-23(30)26-18-2-1-11-24-13-18/h1-11,13,19-20H,12H2,(H,28,29)(H2,25,26,30)/t19-,20-/m1/s1. The molecule has 0 radical (unpaired) electrons. The number of aliphatic carboxylic acids is 1. The Labute approximate surface area is 172 Å². The molecule has 0 spiro atoms. The molecule has 2 atom stereocenters. The molecule has 1 fully saturated rings. The number of nitrogens with zero attached hydrogens (tertiary/aromatic N) is 1. The van der Waals surface area contributed by atoms with Gasteiger partial charge in [0.05, 0.1) is 17.8 Å². The Morgan fingerprint density at radius 1 is 0.833 bits per heavy atom. The summed E-state index contributed by atoms with van der Waals surface area (Å²) < 4.78 is 0. The van der Waals surface area contributed by atoms with Gasteiger partial charge in [-0.3, -0.25) is 14.6 Å². The van der Waals surface area contributed by atoms with Crippen molar-refractivity contribution in [2.24, 2.45) is 11.8 Å². The Kier molecular flexibility index (Phi) is 5.26. The fourth-order valence-electron chi connectivity index (χ4n) is 3.27. The number of anilines is 2. The van der Waals surface area contributed by atoms with Gasteiger partial charge in [0.15, 0.2) is 5.78 Å². The van der Waals surface area contributed by atoms with Gasteiger partial charge in [-0.05, 0) is 41.8 Å². The second kappa shape index (κ2) is 8.16. The lowest BCUT2D eigenvalue weighted by Crippen LogP contribution is -2.19. The summed E-state index contributed by atoms with van der Waals surface area (Å²) in [5.74, 6) is -1.98. The van der Waals surface area contributed by atoms with Crippen molar-refractivity contribution in [1.29, 1.82) is 0 Å². The minimum Gasteiger partial charge on any atom is -0.481 e. The van der Waals surface area contributed by atoms with Crippen LogP contribution in [0.15, 0.2) is 73.1 Å². The highest BCUT2D eigenvalue weighted by Gasteiger charge is 2.48. The van der Waals surface area contributed by atoms with E-state index in [4.69, 9.17) is 5.11 Å². The van der Waals surface area contributed by atoms with E-state index in [-0.39, 0.29) is 11.8 Å². The minimum absolute atomic E-state index is 0.117. The maximum atomic E-state index is 12.3. The molecule has 0 aliphatic heterocycles. The highest BCUT2D eigenvalue weighted by molar-refractivity contribution is 6.03. The van der Waals surface area contributed by atoms with Crippen molar-refractivity contribution in [3.63, 3.8) is 0 Å². The molecule has 0 bridgehead atoms. The molecule has 1 saturated carbocycles. The number of amides is 2. The molecule has 1 aliphatic rings. The van der Waals surface area contributed by atoms with E-state index < -0.39 is 17.8 Å². The van der Waals surface area contributed by atoms with Crippen LogP contribution in [-0.4, -0.2) is 27.9 Å². The van der Waals surface area contributed by atoms with Gasteiger partial charge in [-0.2, -0.15) is 0 Å². The van der Waals surface area contributed by atoms with Gasteiger partial charge in [0.25, 0.3) is 0 Å². The summed E-state index contributed by atoms with van der Waals surface area (Å²) in [6, 6.07) is 17.6. The number of aromatic nitrogens is 1. The number of ketones is 1. The number of carbonyl (C=O) groups excluding carboxylic acids is 2. The maximum absolute atomic E-state index is 12.3. The molecule has 1 aromatic heterocycles. The first-order valence-electron chi connectivity index (χ1n) is 9.47. The molecule has 4 rings (SSSR count). The highest BCUT2D eigenvalue weighted by atomic mass is 16.4. The van der Waals surface area contributed by atoms with E-state index in [1.54, 1.807) is 48.8 Å². The van der Waals surface area contributed by atoms with E-state index in [1.807, 2.05) is 24.3 Å². The van der Waals surface area contributed by atoms with Gasteiger partial charge in [0, 0.05) is 23.4 Å². The van der Waals surface area contributed by atoms with E-state index in [2.05, 4.69) is 15.6 Å². The fourth-order valence-corrected chi connectivity index (χ4v) is 3.27. The summed E-state index contributed by atoms with van der Waals surface area (Å²) in [4.78, 5) is 39.3. The van der Waals surface area contributed by atoms with Crippen LogP contribution in [0.4, 0.5) is 16.2 Å².